The molecule has 6 rings (SSSR count). The highest BCUT2D eigenvalue weighted by atomic mass is 16.7. The Morgan fingerprint density at radius 3 is 2.20 bits per heavy atom. The van der Waals surface area contributed by atoms with Crippen LogP contribution in [-0.4, -0.2) is 99.2 Å². The van der Waals surface area contributed by atoms with Crippen molar-refractivity contribution in [3.8, 4) is 0 Å². The lowest BCUT2D eigenvalue weighted by atomic mass is 9.37. The van der Waals surface area contributed by atoms with Gasteiger partial charge in [-0.05, 0) is 110 Å². The summed E-state index contributed by atoms with van der Waals surface area (Å²) >= 11 is 0. The first-order chi connectivity index (χ1) is 23.7. The molecule has 290 valence electrons. The van der Waals surface area contributed by atoms with Gasteiger partial charge >= 0.3 is 11.9 Å². The van der Waals surface area contributed by atoms with E-state index in [1.807, 2.05) is 0 Å². The molecule has 5 N–H and O–H groups in total. The molecule has 11 heteroatoms. The molecule has 0 unspecified atom stereocenters. The van der Waals surface area contributed by atoms with Crippen molar-refractivity contribution in [1.82, 2.24) is 0 Å². The molecule has 0 spiro atoms. The molecule has 1 saturated heterocycles. The summed E-state index contributed by atoms with van der Waals surface area (Å²) in [6, 6.07) is 0. The zero-order valence-electron chi connectivity index (χ0n) is 32.0. The Kier molecular flexibility index (Phi) is 10.2. The van der Waals surface area contributed by atoms with Crippen LogP contribution in [-0.2, 0) is 28.5 Å². The molecule has 0 aromatic carbocycles. The van der Waals surface area contributed by atoms with Crippen LogP contribution < -0.4 is 0 Å². The van der Waals surface area contributed by atoms with Crippen molar-refractivity contribution < 1.29 is 54.1 Å². The lowest BCUT2D eigenvalue weighted by Crippen LogP contribution is -2.68. The van der Waals surface area contributed by atoms with Crippen LogP contribution in [0.15, 0.2) is 12.2 Å². The zero-order valence-corrected chi connectivity index (χ0v) is 32.0. The Balaban J connectivity index is 1.36. The van der Waals surface area contributed by atoms with Gasteiger partial charge in [-0.2, -0.15) is 0 Å². The molecule has 5 saturated carbocycles. The second-order valence-corrected chi connectivity index (χ2v) is 18.7. The number of carbonyl (C=O) groups is 2. The van der Waals surface area contributed by atoms with E-state index in [2.05, 4.69) is 41.2 Å². The quantitative estimate of drug-likeness (QED) is 0.125. The van der Waals surface area contributed by atoms with Crippen LogP contribution in [0.3, 0.4) is 0 Å². The van der Waals surface area contributed by atoms with E-state index in [0.717, 1.165) is 44.9 Å². The van der Waals surface area contributed by atoms with Gasteiger partial charge in [0.15, 0.2) is 6.29 Å². The molecule has 0 aromatic heterocycles. The average Bonchev–Trinajstić information content (AvgIpc) is 3.62. The molecular weight excluding hydrogens is 656 g/mol. The second kappa shape index (κ2) is 13.3. The third-order valence-electron chi connectivity index (χ3n) is 16.0. The predicted octanol–water partition coefficient (Wildman–Crippen LogP) is 4.05. The third kappa shape index (κ3) is 5.86. The van der Waals surface area contributed by atoms with Crippen molar-refractivity contribution >= 4 is 11.9 Å². The van der Waals surface area contributed by atoms with E-state index in [4.69, 9.17) is 18.9 Å². The van der Waals surface area contributed by atoms with Crippen molar-refractivity contribution in [3.05, 3.63) is 12.2 Å². The molecule has 1 aliphatic heterocycles. The molecule has 11 nitrogen and oxygen atoms in total. The third-order valence-corrected chi connectivity index (χ3v) is 16.0. The molecule has 0 aromatic rings. The standard InChI is InChI=1S/C40H64O11/c1-20(2)31(44)25(43)16-21(3)24-10-15-40-19-39(24,40)14-11-27-37(8)13-12-29(49-23(5)42)36(6,7)28(37)17-30(38(27,40)9)51-35-34(47)33(46)32(45)26(50-35)18-48-22(4)41/h21,24-35,43-47H,1,10-19H2,2-9H3/t21-,24-,25+,26+,27+,28-,29+,30+,31+,32+,33-,34+,35-,37+,38-,39+,40+/m0/s1. The summed E-state index contributed by atoms with van der Waals surface area (Å²) in [5.74, 6) is 0.0697. The molecule has 5 aliphatic carbocycles. The van der Waals surface area contributed by atoms with Crippen molar-refractivity contribution in [2.75, 3.05) is 6.61 Å². The Morgan fingerprint density at radius 1 is 0.882 bits per heavy atom. The molecule has 0 radical (unpaired) electrons. The minimum atomic E-state index is -1.57. The van der Waals surface area contributed by atoms with Gasteiger partial charge in [0.1, 0.15) is 43.2 Å². The highest BCUT2D eigenvalue weighted by Gasteiger charge is 2.85. The van der Waals surface area contributed by atoms with Crippen LogP contribution in [0.1, 0.15) is 113 Å². The summed E-state index contributed by atoms with van der Waals surface area (Å²) in [5.41, 5.74) is -0.234. The largest absolute Gasteiger partial charge is 0.463 e. The van der Waals surface area contributed by atoms with E-state index in [0.29, 0.717) is 24.3 Å². The average molecular weight is 721 g/mol. The number of rotatable bonds is 10. The maximum Gasteiger partial charge on any atom is 0.302 e. The van der Waals surface area contributed by atoms with Crippen LogP contribution in [0.5, 0.6) is 0 Å². The number of aliphatic hydroxyl groups excluding tert-OH is 5. The highest BCUT2D eigenvalue weighted by molar-refractivity contribution is 5.66. The number of hydrogen-bond acceptors (Lipinski definition) is 11. The Labute approximate surface area is 303 Å². The summed E-state index contributed by atoms with van der Waals surface area (Å²) in [5, 5.41) is 54.6. The van der Waals surface area contributed by atoms with Crippen LogP contribution in [0, 0.1) is 50.7 Å². The van der Waals surface area contributed by atoms with E-state index in [9.17, 15) is 35.1 Å². The van der Waals surface area contributed by atoms with Crippen LogP contribution in [0.25, 0.3) is 0 Å². The van der Waals surface area contributed by atoms with Crippen molar-refractivity contribution in [2.24, 2.45) is 50.7 Å². The van der Waals surface area contributed by atoms with E-state index in [-0.39, 0.29) is 63.5 Å². The van der Waals surface area contributed by atoms with Crippen LogP contribution >= 0.6 is 0 Å². The topological polar surface area (TPSA) is 172 Å². The van der Waals surface area contributed by atoms with E-state index < -0.39 is 55.0 Å². The molecule has 6 fully saturated rings. The predicted molar refractivity (Wildman–Crippen MR) is 187 cm³/mol. The van der Waals surface area contributed by atoms with Crippen LogP contribution in [0.2, 0.25) is 0 Å². The fourth-order valence-corrected chi connectivity index (χ4v) is 13.6. The Bertz CT molecular complexity index is 1370. The van der Waals surface area contributed by atoms with E-state index in [1.165, 1.54) is 13.8 Å². The number of ether oxygens (including phenoxy) is 4. The minimum absolute atomic E-state index is 0.0514. The smallest absolute Gasteiger partial charge is 0.302 e. The first-order valence-corrected chi connectivity index (χ1v) is 19.3. The van der Waals surface area contributed by atoms with Gasteiger partial charge in [0, 0.05) is 24.7 Å². The Morgan fingerprint density at radius 2 is 1.57 bits per heavy atom. The summed E-state index contributed by atoms with van der Waals surface area (Å²) in [7, 11) is 0. The maximum absolute atomic E-state index is 12.3. The molecule has 17 atom stereocenters. The highest BCUT2D eigenvalue weighted by Crippen LogP contribution is 2.91. The summed E-state index contributed by atoms with van der Waals surface area (Å²) in [4.78, 5) is 23.9. The minimum Gasteiger partial charge on any atom is -0.463 e. The zero-order chi connectivity index (χ0) is 37.6. The first-order valence-electron chi connectivity index (χ1n) is 19.3. The number of hydrogen-bond donors (Lipinski definition) is 5. The van der Waals surface area contributed by atoms with Gasteiger partial charge in [-0.15, -0.1) is 0 Å². The summed E-state index contributed by atoms with van der Waals surface area (Å²) in [6.45, 7) is 19.5. The molecular formula is C40H64O11. The molecule has 51 heavy (non-hydrogen) atoms. The van der Waals surface area contributed by atoms with Gasteiger partial charge in [0.2, 0.25) is 0 Å². The SMILES string of the molecule is C=C(C)[C@@H](O)[C@H](O)C[C@H](C)[C@@H]1CC[C@]23C[C@]12CC[C@@H]1[C@@]2(C)CC[C@@H](OC(C)=O)C(C)(C)[C@@H]2C[C@@H](O[C@@H]2O[C@H](COC(C)=O)[C@@H](O)[C@H](O)[C@H]2O)[C@]13C. The van der Waals surface area contributed by atoms with Crippen molar-refractivity contribution in [2.45, 2.75) is 168 Å². The van der Waals surface area contributed by atoms with Gasteiger partial charge in [-0.3, -0.25) is 9.59 Å². The lowest BCUT2D eigenvalue weighted by Gasteiger charge is -2.69. The number of carbonyl (C=O) groups excluding carboxylic acids is 2. The fraction of sp³-hybridized carbons (Fsp3) is 0.900. The summed E-state index contributed by atoms with van der Waals surface area (Å²) in [6.07, 6.45) is -1.44. The van der Waals surface area contributed by atoms with Crippen molar-refractivity contribution in [3.63, 3.8) is 0 Å². The molecule has 6 aliphatic rings. The summed E-state index contributed by atoms with van der Waals surface area (Å²) < 4.78 is 24.3. The van der Waals surface area contributed by atoms with Gasteiger partial charge in [-0.25, -0.2) is 0 Å². The first kappa shape index (κ1) is 39.1. The van der Waals surface area contributed by atoms with Gasteiger partial charge < -0.3 is 44.5 Å². The van der Waals surface area contributed by atoms with E-state index in [1.54, 1.807) is 6.92 Å². The molecule has 0 amide bonds. The normalized spacial score (nSPS) is 48.5. The van der Waals surface area contributed by atoms with Gasteiger partial charge in [0.05, 0.1) is 12.2 Å². The monoisotopic (exact) mass is 720 g/mol. The van der Waals surface area contributed by atoms with Gasteiger partial charge in [0.25, 0.3) is 0 Å². The number of fused-ring (bicyclic) bond motifs is 3. The molecule has 0 bridgehead atoms. The molecule has 1 heterocycles. The van der Waals surface area contributed by atoms with E-state index >= 15 is 0 Å². The fourth-order valence-electron chi connectivity index (χ4n) is 13.6. The number of aliphatic hydroxyl groups is 5. The second-order valence-electron chi connectivity index (χ2n) is 18.7. The number of esters is 2. The van der Waals surface area contributed by atoms with Crippen molar-refractivity contribution in [1.29, 1.82) is 0 Å². The Hall–Kier alpha value is -1.60. The maximum atomic E-state index is 12.3. The van der Waals surface area contributed by atoms with Gasteiger partial charge in [-0.1, -0.05) is 41.2 Å². The van der Waals surface area contributed by atoms with Crippen LogP contribution in [0.4, 0.5) is 0 Å². The lowest BCUT2D eigenvalue weighted by molar-refractivity contribution is -0.344.